The molecule has 0 fully saturated rings. The van der Waals surface area contributed by atoms with Crippen molar-refractivity contribution < 1.29 is 9.53 Å². The van der Waals surface area contributed by atoms with Crippen LogP contribution in [-0.2, 0) is 9.53 Å². The van der Waals surface area contributed by atoms with Gasteiger partial charge in [0.05, 0.1) is 0 Å². The fraction of sp³-hybridized carbons (Fsp3) is 0.737. The Labute approximate surface area is 131 Å². The van der Waals surface area contributed by atoms with Gasteiger partial charge >= 0.3 is 5.97 Å². The molecule has 0 rings (SSSR count). The summed E-state index contributed by atoms with van der Waals surface area (Å²) in [4.78, 5) is 11.5. The highest BCUT2D eigenvalue weighted by Gasteiger charge is 2.22. The van der Waals surface area contributed by atoms with E-state index in [0.717, 1.165) is 44.9 Å². The first-order valence-corrected chi connectivity index (χ1v) is 8.67. The Bertz CT molecular complexity index is 294. The zero-order valence-corrected chi connectivity index (χ0v) is 14.3. The average Bonchev–Trinajstić information content (AvgIpc) is 2.49. The van der Waals surface area contributed by atoms with Crippen molar-refractivity contribution in [2.24, 2.45) is 5.92 Å². The second-order valence-electron chi connectivity index (χ2n) is 5.68. The molecule has 0 aromatic carbocycles. The van der Waals surface area contributed by atoms with Gasteiger partial charge in [-0.3, -0.25) is 0 Å². The Morgan fingerprint density at radius 3 is 2.33 bits per heavy atom. The van der Waals surface area contributed by atoms with E-state index in [0.29, 0.717) is 5.92 Å². The van der Waals surface area contributed by atoms with E-state index >= 15 is 0 Å². The largest absolute Gasteiger partial charge is 0.459 e. The molecule has 0 amide bonds. The second kappa shape index (κ2) is 13.9. The summed E-state index contributed by atoms with van der Waals surface area (Å²) in [5.41, 5.74) is 0. The fourth-order valence-electron chi connectivity index (χ4n) is 2.71. The fourth-order valence-corrected chi connectivity index (χ4v) is 2.71. The van der Waals surface area contributed by atoms with E-state index in [1.54, 1.807) is 0 Å². The van der Waals surface area contributed by atoms with Crippen molar-refractivity contribution in [2.45, 2.75) is 84.7 Å². The van der Waals surface area contributed by atoms with E-state index in [1.165, 1.54) is 18.9 Å². The molecule has 0 aliphatic rings. The Morgan fingerprint density at radius 2 is 1.76 bits per heavy atom. The minimum Gasteiger partial charge on any atom is -0.459 e. The second-order valence-corrected chi connectivity index (χ2v) is 5.68. The Balaban J connectivity index is 4.33. The van der Waals surface area contributed by atoms with Gasteiger partial charge in [0, 0.05) is 6.08 Å². The van der Waals surface area contributed by atoms with Gasteiger partial charge in [-0.1, -0.05) is 58.8 Å². The van der Waals surface area contributed by atoms with Crippen LogP contribution in [0, 0.1) is 5.92 Å². The molecule has 0 aromatic rings. The average molecular weight is 294 g/mol. The van der Waals surface area contributed by atoms with Crippen LogP contribution in [0.5, 0.6) is 0 Å². The number of rotatable bonds is 13. The van der Waals surface area contributed by atoms with Crippen LogP contribution in [0.1, 0.15) is 78.6 Å². The molecular weight excluding hydrogens is 260 g/mol. The lowest BCUT2D eigenvalue weighted by atomic mass is 9.89. The van der Waals surface area contributed by atoms with E-state index in [1.807, 2.05) is 0 Å². The van der Waals surface area contributed by atoms with Gasteiger partial charge in [0.15, 0.2) is 0 Å². The molecule has 0 aromatic heterocycles. The van der Waals surface area contributed by atoms with E-state index in [9.17, 15) is 4.79 Å². The minimum absolute atomic E-state index is 0.0617. The molecule has 2 nitrogen and oxygen atoms in total. The molecule has 0 N–H and O–H groups in total. The number of hydrogen-bond donors (Lipinski definition) is 0. The summed E-state index contributed by atoms with van der Waals surface area (Å²) in [5, 5.41) is 0. The topological polar surface area (TPSA) is 26.3 Å². The maximum absolute atomic E-state index is 11.5. The van der Waals surface area contributed by atoms with Crippen molar-refractivity contribution in [1.29, 1.82) is 0 Å². The number of carbonyl (C=O) groups is 1. The Kier molecular flexibility index (Phi) is 13.2. The van der Waals surface area contributed by atoms with Gasteiger partial charge < -0.3 is 4.74 Å². The quantitative estimate of drug-likeness (QED) is 0.185. The molecule has 2 unspecified atom stereocenters. The first-order valence-electron chi connectivity index (χ1n) is 8.67. The summed E-state index contributed by atoms with van der Waals surface area (Å²) in [6, 6.07) is 0. The molecule has 0 saturated heterocycles. The van der Waals surface area contributed by atoms with Crippen molar-refractivity contribution in [3.63, 3.8) is 0 Å². The molecule has 0 aliphatic carbocycles. The predicted molar refractivity (Wildman–Crippen MR) is 91.3 cm³/mol. The highest BCUT2D eigenvalue weighted by Crippen LogP contribution is 2.25. The molecular formula is C19H34O2. The van der Waals surface area contributed by atoms with Crippen LogP contribution in [0.2, 0.25) is 0 Å². The Hall–Kier alpha value is -1.05. The smallest absolute Gasteiger partial charge is 0.330 e. The van der Waals surface area contributed by atoms with Crippen molar-refractivity contribution in [3.8, 4) is 0 Å². The minimum atomic E-state index is -0.277. The lowest BCUT2D eigenvalue weighted by Crippen LogP contribution is -2.26. The predicted octanol–water partition coefficient (Wildman–Crippen LogP) is 5.83. The standard InChI is InChI=1S/C19H34O2/c1-5-9-10-11-12-13-16-17(14-6-2)18(15-7-3)21-19(20)8-4/h8-10,17-18H,4-7,11-16H2,1-3H3/b10-9+. The lowest BCUT2D eigenvalue weighted by Gasteiger charge is -2.26. The van der Waals surface area contributed by atoms with Crippen LogP contribution < -0.4 is 0 Å². The summed E-state index contributed by atoms with van der Waals surface area (Å²) in [6.45, 7) is 10.0. The molecule has 0 saturated carbocycles. The van der Waals surface area contributed by atoms with Gasteiger partial charge in [-0.25, -0.2) is 4.79 Å². The van der Waals surface area contributed by atoms with Crippen molar-refractivity contribution in [3.05, 3.63) is 24.8 Å². The van der Waals surface area contributed by atoms with Gasteiger partial charge in [-0.2, -0.15) is 0 Å². The van der Waals surface area contributed by atoms with Crippen molar-refractivity contribution >= 4 is 5.97 Å². The van der Waals surface area contributed by atoms with Crippen LogP contribution in [0.3, 0.4) is 0 Å². The van der Waals surface area contributed by atoms with Gasteiger partial charge in [0.25, 0.3) is 0 Å². The van der Waals surface area contributed by atoms with Gasteiger partial charge in [0.1, 0.15) is 6.10 Å². The summed E-state index contributed by atoms with van der Waals surface area (Å²) >= 11 is 0. The summed E-state index contributed by atoms with van der Waals surface area (Å²) in [7, 11) is 0. The summed E-state index contributed by atoms with van der Waals surface area (Å²) < 4.78 is 5.58. The first-order chi connectivity index (χ1) is 10.2. The SMILES string of the molecule is C=CC(=O)OC(CCC)C(CCC)CCCC/C=C/CC. The molecule has 0 aliphatic heterocycles. The molecule has 0 bridgehead atoms. The van der Waals surface area contributed by atoms with Crippen LogP contribution in [0.15, 0.2) is 24.8 Å². The number of carbonyl (C=O) groups excluding carboxylic acids is 1. The first kappa shape index (κ1) is 19.9. The highest BCUT2D eigenvalue weighted by molar-refractivity contribution is 5.81. The zero-order valence-electron chi connectivity index (χ0n) is 14.3. The number of ether oxygens (including phenoxy) is 1. The lowest BCUT2D eigenvalue weighted by molar-refractivity contribution is -0.146. The summed E-state index contributed by atoms with van der Waals surface area (Å²) in [6.07, 6.45) is 16.0. The molecule has 2 heteroatoms. The molecule has 2 atom stereocenters. The normalized spacial score (nSPS) is 14.0. The zero-order chi connectivity index (χ0) is 15.9. The highest BCUT2D eigenvalue weighted by atomic mass is 16.5. The molecule has 21 heavy (non-hydrogen) atoms. The van der Waals surface area contributed by atoms with Crippen LogP contribution in [-0.4, -0.2) is 12.1 Å². The summed E-state index contributed by atoms with van der Waals surface area (Å²) in [5.74, 6) is 0.217. The van der Waals surface area contributed by atoms with Gasteiger partial charge in [0.2, 0.25) is 0 Å². The maximum Gasteiger partial charge on any atom is 0.330 e. The number of esters is 1. The van der Waals surface area contributed by atoms with E-state index in [2.05, 4.69) is 39.5 Å². The van der Waals surface area contributed by atoms with E-state index in [-0.39, 0.29) is 12.1 Å². The van der Waals surface area contributed by atoms with Gasteiger partial charge in [-0.05, 0) is 44.4 Å². The third-order valence-electron chi connectivity index (χ3n) is 3.79. The van der Waals surface area contributed by atoms with Crippen LogP contribution in [0.4, 0.5) is 0 Å². The molecule has 0 spiro atoms. The van der Waals surface area contributed by atoms with E-state index < -0.39 is 0 Å². The van der Waals surface area contributed by atoms with Crippen LogP contribution >= 0.6 is 0 Å². The number of unbranched alkanes of at least 4 members (excludes halogenated alkanes) is 2. The van der Waals surface area contributed by atoms with Crippen molar-refractivity contribution in [1.82, 2.24) is 0 Å². The number of hydrogen-bond acceptors (Lipinski definition) is 2. The third kappa shape index (κ3) is 10.3. The molecule has 0 heterocycles. The maximum atomic E-state index is 11.5. The number of allylic oxidation sites excluding steroid dienone is 2. The van der Waals surface area contributed by atoms with Gasteiger partial charge in [-0.15, -0.1) is 0 Å². The monoisotopic (exact) mass is 294 g/mol. The van der Waals surface area contributed by atoms with E-state index in [4.69, 9.17) is 4.74 Å². The van der Waals surface area contributed by atoms with Crippen molar-refractivity contribution in [2.75, 3.05) is 0 Å². The third-order valence-corrected chi connectivity index (χ3v) is 3.79. The Morgan fingerprint density at radius 1 is 1.05 bits per heavy atom. The van der Waals surface area contributed by atoms with Crippen LogP contribution in [0.25, 0.3) is 0 Å². The molecule has 0 radical (unpaired) electrons. The molecule has 122 valence electrons.